The Bertz CT molecular complexity index is 374. The Balaban J connectivity index is 2.43. The van der Waals surface area contributed by atoms with E-state index in [-0.39, 0.29) is 5.82 Å². The van der Waals surface area contributed by atoms with Gasteiger partial charge in [0.2, 0.25) is 0 Å². The van der Waals surface area contributed by atoms with Gasteiger partial charge in [0.15, 0.2) is 0 Å². The van der Waals surface area contributed by atoms with E-state index in [2.05, 4.69) is 4.99 Å². The summed E-state index contributed by atoms with van der Waals surface area (Å²) in [5, 5.41) is 0. The summed E-state index contributed by atoms with van der Waals surface area (Å²) in [5.74, 6) is -0.133. The van der Waals surface area contributed by atoms with Crippen molar-refractivity contribution in [3.8, 4) is 0 Å². The number of nitrogens with zero attached hydrogens (tertiary/aromatic N) is 1. The van der Waals surface area contributed by atoms with E-state index in [0.717, 1.165) is 16.8 Å². The molecule has 0 radical (unpaired) electrons. The van der Waals surface area contributed by atoms with Crippen molar-refractivity contribution in [1.29, 1.82) is 0 Å². The molecule has 1 aromatic carbocycles. The van der Waals surface area contributed by atoms with Crippen molar-refractivity contribution in [1.82, 2.24) is 0 Å². The van der Waals surface area contributed by atoms with Crippen LogP contribution in [-0.4, -0.2) is 26.0 Å². The summed E-state index contributed by atoms with van der Waals surface area (Å²) in [4.78, 5) is 4.33. The first-order valence-corrected chi connectivity index (χ1v) is 4.63. The molecular formula is C11H12FNO. The molecule has 0 unspecified atom stereocenters. The Morgan fingerprint density at radius 2 is 2.36 bits per heavy atom. The van der Waals surface area contributed by atoms with Crippen molar-refractivity contribution < 1.29 is 9.13 Å². The highest BCUT2D eigenvalue weighted by molar-refractivity contribution is 6.03. The largest absolute Gasteiger partial charge is 0.378 e. The van der Waals surface area contributed by atoms with E-state index < -0.39 is 0 Å². The normalized spacial score (nSPS) is 14.9. The van der Waals surface area contributed by atoms with Gasteiger partial charge in [0.25, 0.3) is 0 Å². The van der Waals surface area contributed by atoms with Gasteiger partial charge in [0.1, 0.15) is 5.82 Å². The number of methoxy groups -OCH3 is 1. The van der Waals surface area contributed by atoms with Crippen LogP contribution in [0.5, 0.6) is 0 Å². The molecule has 0 fully saturated rings. The van der Waals surface area contributed by atoms with Crippen LogP contribution < -0.4 is 0 Å². The lowest BCUT2D eigenvalue weighted by Crippen LogP contribution is -2.18. The molecule has 0 saturated carbocycles. The lowest BCUT2D eigenvalue weighted by Gasteiger charge is -2.16. The van der Waals surface area contributed by atoms with Crippen LogP contribution in [0.3, 0.4) is 0 Å². The molecule has 2 nitrogen and oxygen atoms in total. The number of aliphatic imine (C=N–C) groups is 1. The van der Waals surface area contributed by atoms with Crippen LogP contribution in [0.1, 0.15) is 11.1 Å². The van der Waals surface area contributed by atoms with Crippen molar-refractivity contribution in [2.24, 2.45) is 4.99 Å². The number of rotatable bonds is 2. The Morgan fingerprint density at radius 1 is 1.50 bits per heavy atom. The van der Waals surface area contributed by atoms with E-state index in [9.17, 15) is 4.39 Å². The molecule has 0 amide bonds. The SMILES string of the molecule is COCC1=NCCc2c(F)cccc21. The van der Waals surface area contributed by atoms with Crippen LogP contribution >= 0.6 is 0 Å². The van der Waals surface area contributed by atoms with Crippen LogP contribution in [0, 0.1) is 5.82 Å². The minimum atomic E-state index is -0.133. The van der Waals surface area contributed by atoms with Crippen LogP contribution in [-0.2, 0) is 11.2 Å². The maximum Gasteiger partial charge on any atom is 0.127 e. The van der Waals surface area contributed by atoms with Crippen LogP contribution in [0.2, 0.25) is 0 Å². The fourth-order valence-electron chi connectivity index (χ4n) is 1.73. The summed E-state index contributed by atoms with van der Waals surface area (Å²) < 4.78 is 18.4. The second kappa shape index (κ2) is 3.88. The summed E-state index contributed by atoms with van der Waals surface area (Å²) in [6.07, 6.45) is 0.690. The highest BCUT2D eigenvalue weighted by atomic mass is 19.1. The molecule has 0 aliphatic carbocycles. The van der Waals surface area contributed by atoms with E-state index in [1.807, 2.05) is 6.07 Å². The van der Waals surface area contributed by atoms with Gasteiger partial charge in [-0.15, -0.1) is 0 Å². The van der Waals surface area contributed by atoms with Gasteiger partial charge in [-0.05, 0) is 18.1 Å². The standard InChI is InChI=1S/C11H12FNO/c1-14-7-11-9-3-2-4-10(12)8(9)5-6-13-11/h2-4H,5-7H2,1H3. The maximum atomic E-state index is 13.4. The number of benzene rings is 1. The minimum absolute atomic E-state index is 0.133. The fraction of sp³-hybridized carbons (Fsp3) is 0.364. The number of halogens is 1. The number of hydrogen-bond donors (Lipinski definition) is 0. The summed E-state index contributed by atoms with van der Waals surface area (Å²) in [7, 11) is 1.62. The third-order valence-electron chi connectivity index (χ3n) is 2.38. The summed E-state index contributed by atoms with van der Waals surface area (Å²) >= 11 is 0. The first-order chi connectivity index (χ1) is 6.83. The molecule has 1 heterocycles. The topological polar surface area (TPSA) is 21.6 Å². The molecule has 0 spiro atoms. The van der Waals surface area contributed by atoms with E-state index >= 15 is 0 Å². The van der Waals surface area contributed by atoms with Gasteiger partial charge in [-0.3, -0.25) is 4.99 Å². The second-order valence-electron chi connectivity index (χ2n) is 3.28. The Labute approximate surface area is 82.4 Å². The molecule has 1 aliphatic heterocycles. The number of fused-ring (bicyclic) bond motifs is 1. The fourth-order valence-corrected chi connectivity index (χ4v) is 1.73. The predicted octanol–water partition coefficient (Wildman–Crippen LogP) is 1.82. The first-order valence-electron chi connectivity index (χ1n) is 4.63. The molecule has 0 atom stereocenters. The smallest absolute Gasteiger partial charge is 0.127 e. The third kappa shape index (κ3) is 1.55. The van der Waals surface area contributed by atoms with Gasteiger partial charge in [-0.2, -0.15) is 0 Å². The van der Waals surface area contributed by atoms with Gasteiger partial charge >= 0.3 is 0 Å². The van der Waals surface area contributed by atoms with E-state index in [4.69, 9.17) is 4.74 Å². The quantitative estimate of drug-likeness (QED) is 0.702. The zero-order valence-corrected chi connectivity index (χ0v) is 8.09. The van der Waals surface area contributed by atoms with Crippen molar-refractivity contribution in [3.05, 3.63) is 35.1 Å². The molecule has 74 valence electrons. The number of ether oxygens (including phenoxy) is 1. The van der Waals surface area contributed by atoms with E-state index in [1.165, 1.54) is 6.07 Å². The van der Waals surface area contributed by atoms with Gasteiger partial charge in [-0.25, -0.2) is 4.39 Å². The highest BCUT2D eigenvalue weighted by Crippen LogP contribution is 2.19. The number of hydrogen-bond acceptors (Lipinski definition) is 2. The molecule has 3 heteroatoms. The first kappa shape index (κ1) is 9.34. The van der Waals surface area contributed by atoms with Gasteiger partial charge < -0.3 is 4.74 Å². The third-order valence-corrected chi connectivity index (χ3v) is 2.38. The molecule has 0 saturated heterocycles. The Kier molecular flexibility index (Phi) is 2.59. The predicted molar refractivity (Wildman–Crippen MR) is 53.4 cm³/mol. The highest BCUT2D eigenvalue weighted by Gasteiger charge is 2.16. The summed E-state index contributed by atoms with van der Waals surface area (Å²) in [6.45, 7) is 1.11. The van der Waals surface area contributed by atoms with Crippen LogP contribution in [0.4, 0.5) is 4.39 Å². The molecule has 0 aromatic heterocycles. The summed E-state index contributed by atoms with van der Waals surface area (Å²) in [6, 6.07) is 5.11. The zero-order valence-electron chi connectivity index (χ0n) is 8.09. The molecule has 1 aromatic rings. The van der Waals surface area contributed by atoms with Crippen molar-refractivity contribution in [3.63, 3.8) is 0 Å². The average molecular weight is 193 g/mol. The van der Waals surface area contributed by atoms with Crippen LogP contribution in [0.15, 0.2) is 23.2 Å². The molecule has 2 rings (SSSR count). The second-order valence-corrected chi connectivity index (χ2v) is 3.28. The zero-order chi connectivity index (χ0) is 9.97. The lowest BCUT2D eigenvalue weighted by atomic mass is 9.97. The average Bonchev–Trinajstić information content (AvgIpc) is 2.20. The van der Waals surface area contributed by atoms with Crippen LogP contribution in [0.25, 0.3) is 0 Å². The minimum Gasteiger partial charge on any atom is -0.378 e. The van der Waals surface area contributed by atoms with E-state index in [0.29, 0.717) is 19.6 Å². The van der Waals surface area contributed by atoms with Gasteiger partial charge in [0.05, 0.1) is 12.3 Å². The lowest BCUT2D eigenvalue weighted by molar-refractivity contribution is 0.245. The molecule has 0 N–H and O–H groups in total. The summed E-state index contributed by atoms with van der Waals surface area (Å²) in [5.41, 5.74) is 2.53. The Morgan fingerprint density at radius 3 is 3.14 bits per heavy atom. The van der Waals surface area contributed by atoms with Gasteiger partial charge in [-0.1, -0.05) is 12.1 Å². The molecule has 14 heavy (non-hydrogen) atoms. The van der Waals surface area contributed by atoms with E-state index in [1.54, 1.807) is 13.2 Å². The maximum absolute atomic E-state index is 13.4. The van der Waals surface area contributed by atoms with Crippen molar-refractivity contribution >= 4 is 5.71 Å². The van der Waals surface area contributed by atoms with Crippen molar-refractivity contribution in [2.45, 2.75) is 6.42 Å². The monoisotopic (exact) mass is 193 g/mol. The van der Waals surface area contributed by atoms with Crippen molar-refractivity contribution in [2.75, 3.05) is 20.3 Å². The Hall–Kier alpha value is -1.22. The molecule has 1 aliphatic rings. The molecular weight excluding hydrogens is 181 g/mol. The van der Waals surface area contributed by atoms with Gasteiger partial charge in [0, 0.05) is 19.2 Å². The molecule has 0 bridgehead atoms.